The molecule has 7 fully saturated rings. The molecule has 6 heterocycles. The Morgan fingerprint density at radius 3 is 1.16 bits per heavy atom. The van der Waals surface area contributed by atoms with Gasteiger partial charge in [-0.05, 0) is 302 Å². The van der Waals surface area contributed by atoms with Crippen molar-refractivity contribution in [3.05, 3.63) is 134 Å². The number of pyridine rings is 3. The van der Waals surface area contributed by atoms with E-state index in [9.17, 15) is 89.2 Å². The van der Waals surface area contributed by atoms with Crippen LogP contribution in [0.15, 0.2) is 80.5 Å². The molecular formula is C94H139Br2Cl2F4N15O22S5. The molecule has 37 nitrogen and oxygen atoms in total. The number of nitrogens with zero attached hydrogens (tertiary/aromatic N) is 9. The van der Waals surface area contributed by atoms with E-state index in [2.05, 4.69) is 78.6 Å². The van der Waals surface area contributed by atoms with Crippen LogP contribution in [0.5, 0.6) is 0 Å². The molecule has 4 aliphatic carbocycles. The third kappa shape index (κ3) is 32.7. The molecule has 7 aliphatic rings. The fraction of sp³-hybridized carbons (Fsp3) is 0.596. The highest BCUT2D eigenvalue weighted by molar-refractivity contribution is 9.10. The topological polar surface area (TPSA) is 465 Å². The van der Waals surface area contributed by atoms with Gasteiger partial charge in [-0.15, -0.1) is 12.4 Å². The molecule has 0 unspecified atom stereocenters. The SMILES string of the molecule is CNC.COC(=O)CS(=O)(=O)Cl.COC(=O)CS(=O)(=O)N(C)C.C[C@H](NC(=O)OC(C)(C)C)[C@@H]1CCNC1.Cc1c(Br)c(F)cc(C=O)c1NC1CC1.Cc1c(Br)c(F)cc2cc(S(=O)(=O)N(C)C)c(=O)n(C3CC3)c12.Cc1c(N2CC[C@@H]([C@H](C)N)C2)c(F)cc2cc(S(=O)(=O)N(C)C)c(=O)n(C3CC3)c12.Cc1c(N2CC[C@@H]([C@H](C)NC(=O)OC(C)(C)C)C2)c(F)cc2cc(S(=O)(=O)N(C)C)c(=O)n(C3CC3)c12.Cl. The number of amides is 2. The number of nitrogens with one attached hydrogen (secondary N) is 5. The molecule has 6 atom stereocenters. The maximum atomic E-state index is 15.6. The highest BCUT2D eigenvalue weighted by Gasteiger charge is 2.40. The molecule has 4 saturated carbocycles. The van der Waals surface area contributed by atoms with Crippen LogP contribution in [0.25, 0.3) is 32.7 Å². The van der Waals surface area contributed by atoms with Crippen molar-refractivity contribution in [2.45, 2.75) is 229 Å². The third-order valence-electron chi connectivity index (χ3n) is 24.3. The van der Waals surface area contributed by atoms with Crippen molar-refractivity contribution >= 4 is 184 Å². The predicted molar refractivity (Wildman–Crippen MR) is 561 cm³/mol. The zero-order chi connectivity index (χ0) is 108. The summed E-state index contributed by atoms with van der Waals surface area (Å²) in [6.07, 6.45) is 9.68. The Morgan fingerprint density at radius 1 is 0.514 bits per heavy atom. The first-order valence-corrected chi connectivity index (χ1v) is 56.4. The van der Waals surface area contributed by atoms with Crippen molar-refractivity contribution in [3.8, 4) is 0 Å². The number of aromatic nitrogens is 3. The minimum Gasteiger partial charge on any atom is -0.468 e. The number of aryl methyl sites for hydroxylation is 3. The molecule has 14 rings (SSSR count). The molecule has 7 N–H and O–H groups in total. The summed E-state index contributed by atoms with van der Waals surface area (Å²) in [5.74, 6) is -3.83. The Kier molecular flexibility index (Phi) is 44.4. The average Bonchev–Trinajstić information content (AvgIpc) is 1.64. The van der Waals surface area contributed by atoms with Crippen LogP contribution in [-0.2, 0) is 77.7 Å². The lowest BCUT2D eigenvalue weighted by Gasteiger charge is -2.27. The van der Waals surface area contributed by atoms with E-state index >= 15 is 8.78 Å². The van der Waals surface area contributed by atoms with E-state index in [1.807, 2.05) is 72.4 Å². The second kappa shape index (κ2) is 51.3. The summed E-state index contributed by atoms with van der Waals surface area (Å²) in [7, 11) is 2.61. The van der Waals surface area contributed by atoms with Gasteiger partial charge in [-0.2, -0.15) is 0 Å². The van der Waals surface area contributed by atoms with Crippen molar-refractivity contribution < 1.29 is 103 Å². The van der Waals surface area contributed by atoms with Gasteiger partial charge in [-0.3, -0.25) is 28.8 Å². The number of carbonyl (C=O) groups is 5. The summed E-state index contributed by atoms with van der Waals surface area (Å²) in [4.78, 5) is 97.7. The van der Waals surface area contributed by atoms with Gasteiger partial charge in [0.05, 0.1) is 51.1 Å². The first-order valence-electron chi connectivity index (χ1n) is 46.4. The van der Waals surface area contributed by atoms with Gasteiger partial charge in [-0.25, -0.2) is 86.5 Å². The number of anilines is 3. The maximum Gasteiger partial charge on any atom is 0.407 e. The first kappa shape index (κ1) is 124. The van der Waals surface area contributed by atoms with Crippen molar-refractivity contribution in [2.75, 3.05) is 151 Å². The van der Waals surface area contributed by atoms with Crippen LogP contribution in [0.1, 0.15) is 184 Å². The Hall–Kier alpha value is -8.21. The molecule has 808 valence electrons. The number of hydrogen-bond acceptors (Lipinski definition) is 28. The fourth-order valence-corrected chi connectivity index (χ4v) is 20.9. The molecule has 3 saturated heterocycles. The number of hydrogen-bond donors (Lipinski definition) is 6. The van der Waals surface area contributed by atoms with Gasteiger partial charge >= 0.3 is 24.1 Å². The third-order valence-corrected chi connectivity index (χ3v) is 34.3. The largest absolute Gasteiger partial charge is 0.468 e. The van der Waals surface area contributed by atoms with Crippen LogP contribution in [0.4, 0.5) is 44.2 Å². The zero-order valence-electron chi connectivity index (χ0n) is 86.0. The van der Waals surface area contributed by atoms with Crippen molar-refractivity contribution in [1.82, 2.24) is 52.2 Å². The minimum atomic E-state index is -3.99. The molecule has 0 bridgehead atoms. The summed E-state index contributed by atoms with van der Waals surface area (Å²) >= 11 is 6.37. The van der Waals surface area contributed by atoms with E-state index in [-0.39, 0.29) is 81.3 Å². The second-order valence-corrected chi connectivity index (χ2v) is 51.9. The maximum absolute atomic E-state index is 15.6. The summed E-state index contributed by atoms with van der Waals surface area (Å²) in [6, 6.07) is 9.40. The smallest absolute Gasteiger partial charge is 0.407 e. The molecule has 7 aromatic rings. The minimum absolute atomic E-state index is 0. The number of nitrogens with two attached hydrogens (primary N) is 1. The van der Waals surface area contributed by atoms with E-state index in [1.54, 1.807) is 50.7 Å². The van der Waals surface area contributed by atoms with Crippen LogP contribution in [0, 0.1) is 68.7 Å². The molecule has 50 heteroatoms. The highest BCUT2D eigenvalue weighted by atomic mass is 79.9. The molecular weight excluding hydrogens is 2160 g/mol. The van der Waals surface area contributed by atoms with E-state index in [0.717, 1.165) is 126 Å². The average molecular weight is 2300 g/mol. The molecule has 2 amide bonds. The number of carbonyl (C=O) groups excluding carboxylic acids is 5. The molecule has 144 heavy (non-hydrogen) atoms. The number of ether oxygens (including phenoxy) is 4. The first-order chi connectivity index (χ1) is 66.1. The fourth-order valence-electron chi connectivity index (χ4n) is 16.0. The summed E-state index contributed by atoms with van der Waals surface area (Å²) in [5, 5.41) is 16.3. The number of benzene rings is 4. The quantitative estimate of drug-likeness (QED) is 0.0108. The number of sulfonamides is 4. The zero-order valence-corrected chi connectivity index (χ0v) is 94.8. The van der Waals surface area contributed by atoms with E-state index in [4.69, 9.17) is 15.2 Å². The van der Waals surface area contributed by atoms with Crippen LogP contribution >= 0.6 is 54.9 Å². The van der Waals surface area contributed by atoms with E-state index < -0.39 is 130 Å². The monoisotopic (exact) mass is 2290 g/mol. The number of fused-ring (bicyclic) bond motifs is 3. The Balaban J connectivity index is 0.000000268. The van der Waals surface area contributed by atoms with Crippen molar-refractivity contribution in [1.29, 1.82) is 0 Å². The molecule has 0 spiro atoms. The van der Waals surface area contributed by atoms with Crippen LogP contribution < -0.4 is 58.8 Å². The number of aldehydes is 1. The van der Waals surface area contributed by atoms with Gasteiger partial charge in [0.25, 0.3) is 16.7 Å². The van der Waals surface area contributed by atoms with Crippen molar-refractivity contribution in [3.63, 3.8) is 0 Å². The van der Waals surface area contributed by atoms with Crippen LogP contribution in [0.2, 0.25) is 0 Å². The number of alkyl carbamates (subject to hydrolysis) is 2. The predicted octanol–water partition coefficient (Wildman–Crippen LogP) is 12.6. The second-order valence-electron chi connectivity index (χ2n) is 39.0. The highest BCUT2D eigenvalue weighted by Crippen LogP contribution is 2.45. The van der Waals surface area contributed by atoms with Gasteiger partial charge in [0.2, 0.25) is 49.1 Å². The van der Waals surface area contributed by atoms with E-state index in [1.165, 1.54) is 103 Å². The van der Waals surface area contributed by atoms with E-state index in [0.29, 0.717) is 120 Å². The van der Waals surface area contributed by atoms with Gasteiger partial charge in [0.1, 0.15) is 49.2 Å². The summed E-state index contributed by atoms with van der Waals surface area (Å²) in [5.41, 5.74) is 9.85. The van der Waals surface area contributed by atoms with Gasteiger partial charge < -0.3 is 74.8 Å². The lowest BCUT2D eigenvalue weighted by Crippen LogP contribution is -2.42. The van der Waals surface area contributed by atoms with Gasteiger partial charge in [0.15, 0.2) is 17.8 Å². The molecule has 4 aromatic carbocycles. The van der Waals surface area contributed by atoms with Crippen LogP contribution in [0.3, 0.4) is 0 Å². The standard InChI is InChI=1S/C26H37FN4O5S.C21H29FN4O3S.C15H16BrFN2O3S.C11H11BrFNO.C11H22N2O2.C5H11NO4S.C3H5ClO4S.C2H7N.ClH/c1-15-22-18(13-21(37(34,35)29(6)7)24(32)31(22)19-8-9-19)12-20(27)23(15)30-11-10-17(14-30)16(2)28-25(33)36-26(3,4)5;1-12-19-15(9-17(22)20(12)25-8-7-14(11-25)13(2)23)10-18(30(28,29)24(3)4)21(27)26(19)16-5-6-16;1-8-13(16)11(17)6-9-7-12(23(21,22)18(2)3)15(20)19(14(8)9)10-4-5-10;1-6-10(12)9(13)4-7(5-15)11(6)14-8-2-3-8;1-8(9-5-6-12-7-9)13-10(14)15-11(2,3)4;1-6(2)11(8,9)4-5(7)10-3;1-8-3(5)2-9(4,6)7;1-3-2;/h12-13,16-17,19H,8-11,14H2,1-7H3,(H,28,33);9-10,13-14,16H,5-8,11,23H2,1-4H3;6-7,10H,4-5H2,1-3H3;4-5,8,14H,2-3H2,1H3;8-9,12H,5-7H2,1-4H3,(H,13,14);4H2,1-3H3;2H2,1H3;3H,1-2H3;1H/t16-,17+;13-,14+;;;8-,9+;;;;/m00..0..../s1. The molecule has 3 aromatic heterocycles. The number of halogens is 8. The Labute approximate surface area is 869 Å². The lowest BCUT2D eigenvalue weighted by molar-refractivity contribution is -0.138. The molecule has 0 radical (unpaired) electrons. The lowest BCUT2D eigenvalue weighted by atomic mass is 10.0. The number of methoxy groups -OCH3 is 2. The normalized spacial score (nSPS) is 17.6. The Morgan fingerprint density at radius 2 is 0.854 bits per heavy atom. The summed E-state index contributed by atoms with van der Waals surface area (Å²) in [6.45, 7) is 28.6. The number of rotatable bonds is 24. The van der Waals surface area contributed by atoms with Gasteiger partial charge in [0, 0.05) is 163 Å². The van der Waals surface area contributed by atoms with Gasteiger partial charge in [-0.1, -0.05) is 0 Å². The number of esters is 2. The molecule has 3 aliphatic heterocycles. The van der Waals surface area contributed by atoms with Crippen molar-refractivity contribution in [2.24, 2.45) is 23.5 Å². The summed E-state index contributed by atoms with van der Waals surface area (Å²) < 4.78 is 204. The Bertz CT molecular complexity index is 6650. The van der Waals surface area contributed by atoms with Crippen LogP contribution in [-0.4, -0.2) is 274 Å².